The van der Waals surface area contributed by atoms with Gasteiger partial charge in [0.25, 0.3) is 0 Å². The van der Waals surface area contributed by atoms with Gasteiger partial charge in [-0.05, 0) is 32.1 Å². The van der Waals surface area contributed by atoms with E-state index in [9.17, 15) is 9.59 Å². The van der Waals surface area contributed by atoms with Gasteiger partial charge in [-0.25, -0.2) is 0 Å². The molecule has 0 heterocycles. The Morgan fingerprint density at radius 2 is 0.535 bits per heavy atom. The van der Waals surface area contributed by atoms with Crippen LogP contribution in [-0.2, 0) is 19.1 Å². The zero-order chi connectivity index (χ0) is 51.3. The van der Waals surface area contributed by atoms with Crippen LogP contribution in [0, 0.1) is 0 Å². The van der Waals surface area contributed by atoms with Crippen LogP contribution in [0.15, 0.2) is 0 Å². The molecule has 0 aromatic heterocycles. The fraction of sp³-hybridized carbons (Fsp3) is 0.969. The van der Waals surface area contributed by atoms with Crippen molar-refractivity contribution in [1.29, 1.82) is 0 Å². The Kier molecular flexibility index (Phi) is 62.1. The van der Waals surface area contributed by atoms with Gasteiger partial charge in [0.05, 0.1) is 0 Å². The van der Waals surface area contributed by atoms with Crippen LogP contribution >= 0.6 is 0 Å². The minimum Gasteiger partial charge on any atom is -0.462 e. The molecule has 1 atom stereocenters. The molecular formula is C65H130N2O4. The van der Waals surface area contributed by atoms with E-state index in [1.165, 1.54) is 315 Å². The van der Waals surface area contributed by atoms with Gasteiger partial charge in [0.2, 0.25) is 0 Å². The maximum Gasteiger partial charge on any atom is 0.306 e. The van der Waals surface area contributed by atoms with Gasteiger partial charge in [-0.1, -0.05) is 341 Å². The maximum atomic E-state index is 12.9. The molecule has 0 amide bonds. The van der Waals surface area contributed by atoms with E-state index in [1.807, 2.05) is 0 Å². The Balaban J connectivity index is 3.86. The number of carbonyl (C=O) groups is 2. The molecule has 3 N–H and O–H groups in total. The van der Waals surface area contributed by atoms with Gasteiger partial charge in [0, 0.05) is 19.4 Å². The van der Waals surface area contributed by atoms with E-state index in [4.69, 9.17) is 15.3 Å². The Bertz CT molecular complexity index is 1010. The highest BCUT2D eigenvalue weighted by Crippen LogP contribution is 2.20. The van der Waals surface area contributed by atoms with E-state index in [-0.39, 0.29) is 24.6 Å². The number of nitrogens with two attached hydrogens (primary N) is 1. The van der Waals surface area contributed by atoms with E-state index >= 15 is 0 Å². The minimum atomic E-state index is -0.303. The molecule has 0 saturated heterocycles. The predicted molar refractivity (Wildman–Crippen MR) is 312 cm³/mol. The zero-order valence-electron chi connectivity index (χ0n) is 48.7. The lowest BCUT2D eigenvalue weighted by Gasteiger charge is -2.18. The highest BCUT2D eigenvalue weighted by molar-refractivity contribution is 5.70. The molecule has 0 aliphatic carbocycles. The van der Waals surface area contributed by atoms with Gasteiger partial charge in [0.1, 0.15) is 12.7 Å². The standard InChI is InChI=1S/C65H130N2O4/c1-3-5-7-9-11-13-38-43-47-51-55-59-64(68)70-62-63(71-65(69)60-56-52-48-44-39-14-12-10-8-6-4-2)58-54-50-46-42-40-36-34-32-30-28-26-24-22-20-18-16-15-17-19-21-23-25-27-29-31-33-35-37-41-45-49-53-57-61-67-66/h63,67H,3-62,66H2,1-2H3. The number of hydrogen-bond donors (Lipinski definition) is 2. The second kappa shape index (κ2) is 63.2. The highest BCUT2D eigenvalue weighted by atomic mass is 16.6. The third kappa shape index (κ3) is 61.3. The van der Waals surface area contributed by atoms with Crippen molar-refractivity contribution in [3.63, 3.8) is 0 Å². The van der Waals surface area contributed by atoms with Gasteiger partial charge in [-0.2, -0.15) is 0 Å². The van der Waals surface area contributed by atoms with E-state index in [1.54, 1.807) is 0 Å². The number of nitrogens with one attached hydrogen (secondary N) is 1. The summed E-state index contributed by atoms with van der Waals surface area (Å²) in [6, 6.07) is 0. The smallest absolute Gasteiger partial charge is 0.306 e. The number of ether oxygens (including phenoxy) is 2. The zero-order valence-corrected chi connectivity index (χ0v) is 48.7. The number of hydrogen-bond acceptors (Lipinski definition) is 6. The van der Waals surface area contributed by atoms with Crippen molar-refractivity contribution in [2.24, 2.45) is 5.84 Å². The van der Waals surface area contributed by atoms with Crippen LogP contribution in [0.2, 0.25) is 0 Å². The molecule has 0 bridgehead atoms. The SMILES string of the molecule is CCCCCCCCCCCCCC(=O)OCC(CCCCCCCCCCCCCCCCCCCCCCCCCCCCCCCCCCCNN)OC(=O)CCCCCCCCCCCCC. The second-order valence-electron chi connectivity index (χ2n) is 22.8. The Hall–Kier alpha value is -1.14. The summed E-state index contributed by atoms with van der Waals surface area (Å²) in [6.07, 6.45) is 75.4. The first kappa shape index (κ1) is 69.9. The van der Waals surface area contributed by atoms with Gasteiger partial charge in [-0.3, -0.25) is 20.9 Å². The van der Waals surface area contributed by atoms with Gasteiger partial charge >= 0.3 is 11.9 Å². The summed E-state index contributed by atoms with van der Waals surface area (Å²) >= 11 is 0. The van der Waals surface area contributed by atoms with E-state index in [2.05, 4.69) is 19.3 Å². The average molecular weight is 1000 g/mol. The molecule has 0 rings (SSSR count). The van der Waals surface area contributed by atoms with Crippen molar-refractivity contribution in [2.45, 2.75) is 392 Å². The summed E-state index contributed by atoms with van der Waals surface area (Å²) in [5.74, 6) is 5.09. The fourth-order valence-electron chi connectivity index (χ4n) is 10.6. The first-order chi connectivity index (χ1) is 35.1. The largest absolute Gasteiger partial charge is 0.462 e. The molecule has 0 fully saturated rings. The monoisotopic (exact) mass is 1000 g/mol. The van der Waals surface area contributed by atoms with Crippen LogP contribution in [0.3, 0.4) is 0 Å². The van der Waals surface area contributed by atoms with Gasteiger partial charge in [0.15, 0.2) is 0 Å². The van der Waals surface area contributed by atoms with Crippen LogP contribution in [0.5, 0.6) is 0 Å². The van der Waals surface area contributed by atoms with Crippen LogP contribution in [0.1, 0.15) is 386 Å². The number of esters is 2. The summed E-state index contributed by atoms with van der Waals surface area (Å²) in [4.78, 5) is 25.5. The molecule has 1 unspecified atom stereocenters. The Morgan fingerprint density at radius 3 is 0.803 bits per heavy atom. The maximum absolute atomic E-state index is 12.9. The lowest BCUT2D eigenvalue weighted by molar-refractivity contribution is -0.159. The molecular weight excluding hydrogens is 873 g/mol. The Labute approximate surface area is 446 Å². The number of carbonyl (C=O) groups excluding carboxylic acids is 2. The van der Waals surface area contributed by atoms with Crippen molar-refractivity contribution in [3.8, 4) is 0 Å². The fourth-order valence-corrected chi connectivity index (χ4v) is 10.6. The molecule has 0 aromatic carbocycles. The molecule has 0 saturated carbocycles. The lowest BCUT2D eigenvalue weighted by atomic mass is 10.0. The minimum absolute atomic E-state index is 0.110. The molecule has 6 nitrogen and oxygen atoms in total. The second-order valence-corrected chi connectivity index (χ2v) is 22.8. The van der Waals surface area contributed by atoms with Gasteiger partial charge in [-0.15, -0.1) is 0 Å². The molecule has 71 heavy (non-hydrogen) atoms. The topological polar surface area (TPSA) is 90.7 Å². The molecule has 0 aromatic rings. The third-order valence-electron chi connectivity index (χ3n) is 15.5. The molecule has 0 spiro atoms. The normalized spacial score (nSPS) is 12.0. The van der Waals surface area contributed by atoms with Crippen LogP contribution in [0.4, 0.5) is 0 Å². The average Bonchev–Trinajstić information content (AvgIpc) is 3.37. The lowest BCUT2D eigenvalue weighted by Crippen LogP contribution is -2.25. The summed E-state index contributed by atoms with van der Waals surface area (Å²) in [5, 5.41) is 0. The van der Waals surface area contributed by atoms with Gasteiger partial charge < -0.3 is 9.47 Å². The summed E-state index contributed by atoms with van der Waals surface area (Å²) < 4.78 is 11.7. The van der Waals surface area contributed by atoms with Crippen molar-refractivity contribution in [2.75, 3.05) is 13.2 Å². The quantitative estimate of drug-likeness (QED) is 0.0273. The summed E-state index contributed by atoms with van der Waals surface area (Å²) in [5.41, 5.74) is 2.75. The molecule has 0 aliphatic rings. The Morgan fingerprint density at radius 1 is 0.310 bits per heavy atom. The molecule has 0 aliphatic heterocycles. The third-order valence-corrected chi connectivity index (χ3v) is 15.5. The van der Waals surface area contributed by atoms with Crippen LogP contribution in [-0.4, -0.2) is 31.2 Å². The van der Waals surface area contributed by atoms with E-state index in [0.29, 0.717) is 12.8 Å². The molecule has 424 valence electrons. The van der Waals surface area contributed by atoms with E-state index < -0.39 is 0 Å². The van der Waals surface area contributed by atoms with Crippen molar-refractivity contribution in [1.82, 2.24) is 5.43 Å². The van der Waals surface area contributed by atoms with Crippen molar-refractivity contribution >= 4 is 11.9 Å². The van der Waals surface area contributed by atoms with Crippen LogP contribution < -0.4 is 11.3 Å². The molecule has 6 heteroatoms. The summed E-state index contributed by atoms with van der Waals surface area (Å²) in [7, 11) is 0. The number of unbranched alkanes of at least 4 members (excludes halogenated alkanes) is 52. The number of rotatable bonds is 63. The van der Waals surface area contributed by atoms with E-state index in [0.717, 1.165) is 51.5 Å². The van der Waals surface area contributed by atoms with Crippen molar-refractivity contribution in [3.05, 3.63) is 0 Å². The first-order valence-corrected chi connectivity index (χ1v) is 32.9. The first-order valence-electron chi connectivity index (χ1n) is 32.9. The predicted octanol–water partition coefficient (Wildman–Crippen LogP) is 21.6. The van der Waals surface area contributed by atoms with Crippen molar-refractivity contribution < 1.29 is 19.1 Å². The highest BCUT2D eigenvalue weighted by Gasteiger charge is 2.17. The number of hydrazine groups is 1. The molecule has 0 radical (unpaired) electrons. The van der Waals surface area contributed by atoms with Crippen LogP contribution in [0.25, 0.3) is 0 Å². The summed E-state index contributed by atoms with van der Waals surface area (Å²) in [6.45, 7) is 5.73.